The van der Waals surface area contributed by atoms with Gasteiger partial charge in [-0.2, -0.15) is 0 Å². The van der Waals surface area contributed by atoms with Crippen molar-refractivity contribution in [2.75, 3.05) is 13.2 Å². The molecule has 29 nitrogen and oxygen atoms in total. The van der Waals surface area contributed by atoms with Crippen LogP contribution in [0.3, 0.4) is 0 Å². The summed E-state index contributed by atoms with van der Waals surface area (Å²) >= 11 is 0. The van der Waals surface area contributed by atoms with Crippen LogP contribution in [-0.4, -0.2) is 199 Å². The lowest BCUT2D eigenvalue weighted by molar-refractivity contribution is -0.387. The highest BCUT2D eigenvalue weighted by atomic mass is 16.8. The second kappa shape index (κ2) is 45.1. The van der Waals surface area contributed by atoms with Crippen molar-refractivity contribution in [2.45, 2.75) is 156 Å². The van der Waals surface area contributed by atoms with Gasteiger partial charge >= 0.3 is 47.8 Å². The minimum absolute atomic E-state index is 0.0162. The Bertz CT molecular complexity index is 5460. The van der Waals surface area contributed by atoms with Gasteiger partial charge in [-0.15, -0.1) is 0 Å². The first-order chi connectivity index (χ1) is 63.5. The Kier molecular flexibility index (Phi) is 31.7. The Labute approximate surface area is 746 Å². The number of hydrogen-bond acceptors (Lipinski definition) is 27. The highest BCUT2D eigenvalue weighted by Gasteiger charge is 2.62. The maximum atomic E-state index is 15.7. The van der Waals surface area contributed by atoms with E-state index < -0.39 is 190 Å². The van der Waals surface area contributed by atoms with Crippen molar-refractivity contribution in [3.05, 3.63) is 395 Å². The number of aliphatic hydroxyl groups is 1. The molecule has 0 bridgehead atoms. The summed E-state index contributed by atoms with van der Waals surface area (Å²) in [4.78, 5) is 120. The van der Waals surface area contributed by atoms with E-state index in [-0.39, 0.29) is 59.8 Å². The standard InChI is InChI=1S/C101H92O29/c102-76-79(115-58-65-38-16-3-17-39-65)85(90(103)104)129-99(80(76)120-92(107)68-44-22-6-23-45-68)126-78-75(62-114-57-64-36-14-2-15-37-64)119-100(88(124-96(111)72-52-30-10-31-53-72)83(78)122-94(109)70-48-26-8-27-49-70)128-84-81(116-59-66-40-18-4-19-41-66)86(91(105)106)130-101(89(84)125-97(112)73-54-32-11-33-55-73)127-77-74(61-113-56-63-34-12-1-13-35-63)118-98(117-60-67-42-20-5-21-43-67)87(123-95(110)71-50-28-9-29-51-71)82(77)121-93(108)69-46-24-7-25-47-69/h1-55,74-89,98-102H,56-62H2,(H,103,104)(H,105,106). The third-order valence-electron chi connectivity index (χ3n) is 21.7. The Morgan fingerprint density at radius 2 is 0.462 bits per heavy atom. The number of carboxylic acids is 2. The van der Waals surface area contributed by atoms with E-state index in [0.29, 0.717) is 27.8 Å². The molecule has 4 saturated heterocycles. The van der Waals surface area contributed by atoms with Crippen molar-refractivity contribution in [1.82, 2.24) is 0 Å². The number of ether oxygens (including phenoxy) is 18. The average Bonchev–Trinajstić information content (AvgIpc) is 0.751. The van der Waals surface area contributed by atoms with E-state index >= 15 is 19.2 Å². The molecule has 4 fully saturated rings. The third kappa shape index (κ3) is 23.8. The minimum Gasteiger partial charge on any atom is -0.479 e. The van der Waals surface area contributed by atoms with E-state index in [9.17, 15) is 34.5 Å². The molecule has 29 heteroatoms. The van der Waals surface area contributed by atoms with Gasteiger partial charge in [0.1, 0.15) is 48.8 Å². The van der Waals surface area contributed by atoms with E-state index in [1.807, 2.05) is 6.07 Å². The number of benzene rings is 11. The third-order valence-corrected chi connectivity index (χ3v) is 21.7. The zero-order chi connectivity index (χ0) is 90.1. The average molecular weight is 1770 g/mol. The molecule has 0 aromatic heterocycles. The topological polar surface area (TPSA) is 363 Å². The largest absolute Gasteiger partial charge is 0.479 e. The molecule has 3 N–H and O–H groups in total. The molecule has 0 saturated carbocycles. The molecule has 4 aliphatic rings. The highest BCUT2D eigenvalue weighted by molar-refractivity contribution is 5.92. The fraction of sp³-hybridized carbons (Fsp3) is 0.267. The predicted octanol–water partition coefficient (Wildman–Crippen LogP) is 12.7. The summed E-state index contributed by atoms with van der Waals surface area (Å²) in [5, 5.41) is 36.2. The van der Waals surface area contributed by atoms with Gasteiger partial charge in [0, 0.05) is 0 Å². The first-order valence-electron chi connectivity index (χ1n) is 42.0. The van der Waals surface area contributed by atoms with Gasteiger partial charge in [0.2, 0.25) is 0 Å². The summed E-state index contributed by atoms with van der Waals surface area (Å²) in [6.07, 6.45) is -41.6. The number of rotatable bonds is 37. The molecule has 0 amide bonds. The molecule has 130 heavy (non-hydrogen) atoms. The van der Waals surface area contributed by atoms with E-state index in [4.69, 9.17) is 85.3 Å². The fourth-order valence-electron chi connectivity index (χ4n) is 15.2. The maximum Gasteiger partial charge on any atom is 0.338 e. The van der Waals surface area contributed by atoms with Crippen LogP contribution in [0.1, 0.15) is 90.0 Å². The van der Waals surface area contributed by atoms with Gasteiger partial charge in [0.05, 0.1) is 79.6 Å². The summed E-state index contributed by atoms with van der Waals surface area (Å²) in [6.45, 7) is -2.45. The Morgan fingerprint density at radius 3 is 0.785 bits per heavy atom. The van der Waals surface area contributed by atoms with Crippen molar-refractivity contribution in [3.8, 4) is 0 Å². The quantitative estimate of drug-likeness (QED) is 0.0240. The predicted molar refractivity (Wildman–Crippen MR) is 458 cm³/mol. The van der Waals surface area contributed by atoms with Crippen LogP contribution in [0, 0.1) is 0 Å². The molecule has 670 valence electrons. The fourth-order valence-corrected chi connectivity index (χ4v) is 15.2. The van der Waals surface area contributed by atoms with Gasteiger partial charge in [-0.3, -0.25) is 0 Å². The highest BCUT2D eigenvalue weighted by Crippen LogP contribution is 2.42. The monoisotopic (exact) mass is 1770 g/mol. The number of aliphatic carboxylic acids is 2. The molecule has 4 heterocycles. The summed E-state index contributed by atoms with van der Waals surface area (Å²) in [6, 6.07) is 89.2. The lowest BCUT2D eigenvalue weighted by Gasteiger charge is -2.51. The molecular weight excluding hydrogens is 1680 g/mol. The van der Waals surface area contributed by atoms with Crippen LogP contribution in [0.2, 0.25) is 0 Å². The van der Waals surface area contributed by atoms with E-state index in [1.54, 1.807) is 218 Å². The van der Waals surface area contributed by atoms with E-state index in [2.05, 4.69) is 0 Å². The second-order valence-electron chi connectivity index (χ2n) is 30.6. The van der Waals surface area contributed by atoms with Gasteiger partial charge in [0.25, 0.3) is 0 Å². The van der Waals surface area contributed by atoms with Gasteiger partial charge in [-0.25, -0.2) is 38.4 Å². The first-order valence-corrected chi connectivity index (χ1v) is 42.0. The van der Waals surface area contributed by atoms with Crippen molar-refractivity contribution in [2.24, 2.45) is 0 Å². The van der Waals surface area contributed by atoms with E-state index in [1.165, 1.54) is 109 Å². The van der Waals surface area contributed by atoms with Crippen LogP contribution in [0.25, 0.3) is 0 Å². The summed E-state index contributed by atoms with van der Waals surface area (Å²) in [5.74, 6) is -10.0. The van der Waals surface area contributed by atoms with Crippen LogP contribution in [0.15, 0.2) is 334 Å². The molecule has 20 unspecified atom stereocenters. The number of carboxylic acid groups (broad SMARTS) is 2. The van der Waals surface area contributed by atoms with Crippen LogP contribution < -0.4 is 0 Å². The Hall–Kier alpha value is -13.3. The van der Waals surface area contributed by atoms with Gasteiger partial charge in [-0.05, 0) is 101 Å². The molecule has 20 atom stereocenters. The lowest BCUT2D eigenvalue weighted by Crippen LogP contribution is -2.70. The number of hydrogen-bond donors (Lipinski definition) is 3. The molecule has 4 aliphatic heterocycles. The van der Waals surface area contributed by atoms with Crippen LogP contribution in [-0.2, 0) is 128 Å². The summed E-state index contributed by atoms with van der Waals surface area (Å²) in [5.41, 5.74) is 2.46. The molecular formula is C101H92O29. The molecule has 0 spiro atoms. The molecule has 15 rings (SSSR count). The molecule has 0 radical (unpaired) electrons. The number of carbonyl (C=O) groups excluding carboxylic acids is 6. The number of esters is 6. The van der Waals surface area contributed by atoms with Gasteiger partial charge < -0.3 is 101 Å². The molecule has 11 aromatic rings. The zero-order valence-electron chi connectivity index (χ0n) is 69.7. The smallest absolute Gasteiger partial charge is 0.338 e. The molecule has 11 aromatic carbocycles. The first kappa shape index (κ1) is 91.4. The van der Waals surface area contributed by atoms with Crippen molar-refractivity contribution >= 4 is 47.8 Å². The second-order valence-corrected chi connectivity index (χ2v) is 30.6. The van der Waals surface area contributed by atoms with Crippen LogP contribution >= 0.6 is 0 Å². The van der Waals surface area contributed by atoms with Crippen molar-refractivity contribution < 1.29 is 139 Å². The molecule has 0 aliphatic carbocycles. The van der Waals surface area contributed by atoms with Crippen molar-refractivity contribution in [1.29, 1.82) is 0 Å². The number of aliphatic hydroxyl groups excluding tert-OH is 1. The number of carbonyl (C=O) groups is 8. The van der Waals surface area contributed by atoms with Crippen LogP contribution in [0.4, 0.5) is 0 Å². The maximum absolute atomic E-state index is 15.7. The van der Waals surface area contributed by atoms with E-state index in [0.717, 1.165) is 0 Å². The van der Waals surface area contributed by atoms with Crippen molar-refractivity contribution in [3.63, 3.8) is 0 Å². The van der Waals surface area contributed by atoms with Gasteiger partial charge in [-0.1, -0.05) is 261 Å². The van der Waals surface area contributed by atoms with Gasteiger partial charge in [0.15, 0.2) is 74.0 Å². The normalized spacial score (nSPS) is 25.3. The minimum atomic E-state index is -2.37. The van der Waals surface area contributed by atoms with Crippen LogP contribution in [0.5, 0.6) is 0 Å². The lowest BCUT2D eigenvalue weighted by atomic mass is 9.94. The Balaban J connectivity index is 0.909. The zero-order valence-corrected chi connectivity index (χ0v) is 69.7. The summed E-state index contributed by atoms with van der Waals surface area (Å²) < 4.78 is 122. The Morgan fingerprint density at radius 1 is 0.231 bits per heavy atom. The summed E-state index contributed by atoms with van der Waals surface area (Å²) in [7, 11) is 0. The SMILES string of the molecule is O=C(OC1C(OC2C(COCc3ccccc3)OC(OC3C(OC(=O)c4ccccc4)C(OC4C(COCc5ccccc5)OC(OCc5ccccc5)C(OC(=O)c5ccccc5)C4OC(=O)c4ccccc4)OC(C(=O)O)C3OCc3ccccc3)C(OC(=O)c3ccccc3)C2OC(=O)c2ccccc2)OC(C(=O)O)C(OCc2ccccc2)C1O)c1ccccc1.